The second-order valence-electron chi connectivity index (χ2n) is 13.2. The molecule has 0 amide bonds. The van der Waals surface area contributed by atoms with Gasteiger partial charge in [0, 0.05) is 53.6 Å². The van der Waals surface area contributed by atoms with Crippen molar-refractivity contribution in [2.45, 2.75) is 0 Å². The lowest BCUT2D eigenvalue weighted by Gasteiger charge is -2.27. The van der Waals surface area contributed by atoms with Gasteiger partial charge >= 0.3 is 0 Å². The first-order valence-electron chi connectivity index (χ1n) is 18.0. The van der Waals surface area contributed by atoms with Crippen molar-refractivity contribution in [1.82, 2.24) is 15.0 Å². The number of para-hydroxylation sites is 1. The molecule has 0 aliphatic carbocycles. The number of aromatic nitrogens is 3. The van der Waals surface area contributed by atoms with Gasteiger partial charge in [-0.05, 0) is 52.9 Å². The van der Waals surface area contributed by atoms with Gasteiger partial charge in [0.2, 0.25) is 0 Å². The zero-order valence-electron chi connectivity index (χ0n) is 29.2. The quantitative estimate of drug-likeness (QED) is 0.165. The normalized spacial score (nSPS) is 11.3. The molecule has 2 aromatic heterocycles. The third kappa shape index (κ3) is 5.68. The van der Waals surface area contributed by atoms with Gasteiger partial charge in [-0.3, -0.25) is 0 Å². The molecular formula is C49H32N4S. The Kier molecular flexibility index (Phi) is 7.97. The van der Waals surface area contributed by atoms with Crippen LogP contribution in [-0.4, -0.2) is 15.0 Å². The van der Waals surface area contributed by atoms with Gasteiger partial charge in [0.25, 0.3) is 0 Å². The molecule has 0 saturated carbocycles. The van der Waals surface area contributed by atoms with E-state index < -0.39 is 0 Å². The van der Waals surface area contributed by atoms with E-state index in [0.29, 0.717) is 17.5 Å². The fraction of sp³-hybridized carbons (Fsp3) is 0. The van der Waals surface area contributed by atoms with Crippen molar-refractivity contribution < 1.29 is 0 Å². The average molecular weight is 709 g/mol. The molecule has 2 heterocycles. The van der Waals surface area contributed by atoms with Gasteiger partial charge < -0.3 is 4.90 Å². The van der Waals surface area contributed by atoms with Gasteiger partial charge in [-0.2, -0.15) is 0 Å². The monoisotopic (exact) mass is 708 g/mol. The molecule has 10 aromatic rings. The lowest BCUT2D eigenvalue weighted by atomic mass is 9.95. The summed E-state index contributed by atoms with van der Waals surface area (Å²) in [6.45, 7) is 0. The molecule has 54 heavy (non-hydrogen) atoms. The van der Waals surface area contributed by atoms with E-state index >= 15 is 0 Å². The molecule has 0 atom stereocenters. The summed E-state index contributed by atoms with van der Waals surface area (Å²) in [5.74, 6) is 1.94. The number of benzene rings is 8. The molecule has 0 bridgehead atoms. The Morgan fingerprint density at radius 1 is 0.370 bits per heavy atom. The number of hydrogen-bond acceptors (Lipinski definition) is 5. The summed E-state index contributed by atoms with van der Waals surface area (Å²) in [4.78, 5) is 17.5. The maximum Gasteiger partial charge on any atom is 0.164 e. The van der Waals surface area contributed by atoms with Crippen LogP contribution in [0.4, 0.5) is 17.1 Å². The molecule has 0 radical (unpaired) electrons. The summed E-state index contributed by atoms with van der Waals surface area (Å²) >= 11 is 1.83. The Labute approximate surface area is 317 Å². The van der Waals surface area contributed by atoms with Crippen LogP contribution in [0.3, 0.4) is 0 Å². The van der Waals surface area contributed by atoms with E-state index in [1.807, 2.05) is 72.0 Å². The van der Waals surface area contributed by atoms with E-state index in [4.69, 9.17) is 15.0 Å². The van der Waals surface area contributed by atoms with E-state index in [0.717, 1.165) is 44.9 Å². The Hall–Kier alpha value is -6.95. The van der Waals surface area contributed by atoms with Gasteiger partial charge in [-0.15, -0.1) is 11.3 Å². The molecule has 8 aromatic carbocycles. The number of rotatable bonds is 7. The zero-order valence-corrected chi connectivity index (χ0v) is 30.0. The van der Waals surface area contributed by atoms with E-state index in [1.54, 1.807) is 0 Å². The molecule has 5 heteroatoms. The maximum atomic E-state index is 5.10. The number of anilines is 3. The summed E-state index contributed by atoms with van der Waals surface area (Å²) in [5, 5.41) is 4.88. The van der Waals surface area contributed by atoms with Crippen LogP contribution in [0.1, 0.15) is 0 Å². The number of nitrogens with zero attached hydrogens (tertiary/aromatic N) is 4. The molecule has 0 aliphatic heterocycles. The van der Waals surface area contributed by atoms with Crippen molar-refractivity contribution in [3.63, 3.8) is 0 Å². The number of thiophene rings is 1. The first-order chi connectivity index (χ1) is 26.8. The fourth-order valence-corrected chi connectivity index (χ4v) is 8.59. The van der Waals surface area contributed by atoms with Crippen LogP contribution < -0.4 is 4.90 Å². The fourth-order valence-electron chi connectivity index (χ4n) is 7.43. The minimum absolute atomic E-state index is 0.644. The Morgan fingerprint density at radius 2 is 0.944 bits per heavy atom. The third-order valence-electron chi connectivity index (χ3n) is 9.92. The summed E-state index contributed by atoms with van der Waals surface area (Å²) in [6, 6.07) is 68.1. The zero-order chi connectivity index (χ0) is 35.8. The molecule has 0 aliphatic rings. The molecule has 0 unspecified atom stereocenters. The van der Waals surface area contributed by atoms with Crippen LogP contribution in [0.2, 0.25) is 0 Å². The Bertz CT molecular complexity index is 2880. The van der Waals surface area contributed by atoms with Crippen molar-refractivity contribution in [3.8, 4) is 45.3 Å². The maximum absolute atomic E-state index is 5.10. The first kappa shape index (κ1) is 31.8. The van der Waals surface area contributed by atoms with Crippen molar-refractivity contribution >= 4 is 59.3 Å². The Morgan fingerprint density at radius 3 is 1.69 bits per heavy atom. The standard InChI is InChI=1S/C49H32N4S/c1-4-17-34(18-5-1)47-50-48(35-19-6-2-7-20-35)52-49(51-47)41-26-13-12-25-39(41)40-27-15-29-44-46(40)42-31-30-37(32-45(42)54-44)53(36-22-8-3-9-23-36)43-28-14-21-33-16-10-11-24-38(33)43/h1-32H. The summed E-state index contributed by atoms with van der Waals surface area (Å²) in [5.41, 5.74) is 8.48. The van der Waals surface area contributed by atoms with E-state index in [-0.39, 0.29) is 0 Å². The molecule has 254 valence electrons. The largest absolute Gasteiger partial charge is 0.310 e. The van der Waals surface area contributed by atoms with Crippen LogP contribution in [-0.2, 0) is 0 Å². The lowest BCUT2D eigenvalue weighted by Crippen LogP contribution is -2.10. The number of fused-ring (bicyclic) bond motifs is 4. The summed E-state index contributed by atoms with van der Waals surface area (Å²) < 4.78 is 2.46. The van der Waals surface area contributed by atoms with E-state index in [1.165, 1.54) is 30.9 Å². The second kappa shape index (κ2) is 13.6. The SMILES string of the molecule is c1ccc(-c2nc(-c3ccccc3)nc(-c3ccccc3-c3cccc4sc5cc(N(c6ccccc6)c6cccc7ccccc67)ccc5c34)n2)cc1. The molecule has 0 N–H and O–H groups in total. The second-order valence-corrected chi connectivity index (χ2v) is 14.3. The van der Waals surface area contributed by atoms with Crippen LogP contribution in [0.25, 0.3) is 76.2 Å². The topological polar surface area (TPSA) is 41.9 Å². The number of hydrogen-bond donors (Lipinski definition) is 0. The van der Waals surface area contributed by atoms with Crippen molar-refractivity contribution in [3.05, 3.63) is 194 Å². The predicted molar refractivity (Wildman–Crippen MR) is 227 cm³/mol. The predicted octanol–water partition coefficient (Wildman–Crippen LogP) is 13.5. The highest BCUT2D eigenvalue weighted by molar-refractivity contribution is 7.26. The minimum atomic E-state index is 0.644. The summed E-state index contributed by atoms with van der Waals surface area (Å²) in [6.07, 6.45) is 0. The average Bonchev–Trinajstić information content (AvgIpc) is 3.63. The van der Waals surface area contributed by atoms with Crippen LogP contribution in [0.5, 0.6) is 0 Å². The third-order valence-corrected chi connectivity index (χ3v) is 11.0. The molecular weight excluding hydrogens is 677 g/mol. The summed E-state index contributed by atoms with van der Waals surface area (Å²) in [7, 11) is 0. The highest BCUT2D eigenvalue weighted by atomic mass is 32.1. The smallest absolute Gasteiger partial charge is 0.164 e. The first-order valence-corrected chi connectivity index (χ1v) is 18.9. The lowest BCUT2D eigenvalue weighted by molar-refractivity contribution is 1.07. The highest BCUT2D eigenvalue weighted by Crippen LogP contribution is 2.46. The van der Waals surface area contributed by atoms with Crippen LogP contribution >= 0.6 is 11.3 Å². The molecule has 0 spiro atoms. The van der Waals surface area contributed by atoms with Crippen molar-refractivity contribution in [2.75, 3.05) is 4.90 Å². The molecule has 4 nitrogen and oxygen atoms in total. The van der Waals surface area contributed by atoms with Crippen LogP contribution in [0.15, 0.2) is 194 Å². The van der Waals surface area contributed by atoms with Crippen molar-refractivity contribution in [2.24, 2.45) is 0 Å². The van der Waals surface area contributed by atoms with Gasteiger partial charge in [0.1, 0.15) is 0 Å². The van der Waals surface area contributed by atoms with Gasteiger partial charge in [0.15, 0.2) is 17.5 Å². The van der Waals surface area contributed by atoms with Crippen molar-refractivity contribution in [1.29, 1.82) is 0 Å². The Balaban J connectivity index is 1.14. The molecule has 0 fully saturated rings. The molecule has 10 rings (SSSR count). The molecule has 0 saturated heterocycles. The van der Waals surface area contributed by atoms with Gasteiger partial charge in [-0.25, -0.2) is 15.0 Å². The van der Waals surface area contributed by atoms with E-state index in [2.05, 4.69) is 138 Å². The van der Waals surface area contributed by atoms with Crippen LogP contribution in [0, 0.1) is 0 Å². The minimum Gasteiger partial charge on any atom is -0.310 e. The van der Waals surface area contributed by atoms with Gasteiger partial charge in [0.05, 0.1) is 5.69 Å². The van der Waals surface area contributed by atoms with Gasteiger partial charge in [-0.1, -0.05) is 158 Å². The van der Waals surface area contributed by atoms with E-state index in [9.17, 15) is 0 Å². The highest BCUT2D eigenvalue weighted by Gasteiger charge is 2.20.